The van der Waals surface area contributed by atoms with E-state index in [0.29, 0.717) is 12.8 Å². The first kappa shape index (κ1) is 38.9. The normalized spacial score (nSPS) is 12.3. The average molecular weight is 569 g/mol. The lowest BCUT2D eigenvalue weighted by atomic mass is 10.0. The summed E-state index contributed by atoms with van der Waals surface area (Å²) in [6, 6.07) is 0. The molecule has 0 unspecified atom stereocenters. The van der Waals surface area contributed by atoms with E-state index < -0.39 is 6.10 Å². The molecule has 0 aliphatic rings. The van der Waals surface area contributed by atoms with Gasteiger partial charge >= 0.3 is 11.9 Å². The predicted molar refractivity (Wildman–Crippen MR) is 168 cm³/mol. The van der Waals surface area contributed by atoms with Gasteiger partial charge in [-0.15, -0.1) is 0 Å². The van der Waals surface area contributed by atoms with Crippen LogP contribution >= 0.6 is 0 Å². The first-order chi connectivity index (χ1) is 19.3. The van der Waals surface area contributed by atoms with E-state index in [1.54, 1.807) is 0 Å². The summed E-state index contributed by atoms with van der Waals surface area (Å²) in [6.45, 7) is 8.76. The lowest BCUT2D eigenvalue weighted by Crippen LogP contribution is -2.28. The fourth-order valence-corrected chi connectivity index (χ4v) is 5.10. The van der Waals surface area contributed by atoms with Crippen molar-refractivity contribution >= 4 is 11.9 Å². The third kappa shape index (κ3) is 29.9. The minimum absolute atomic E-state index is 0.0609. The number of aliphatic hydroxyl groups excluding tert-OH is 1. The van der Waals surface area contributed by atoms with Crippen LogP contribution in [0.3, 0.4) is 0 Å². The van der Waals surface area contributed by atoms with Gasteiger partial charge in [0.15, 0.2) is 6.10 Å². The summed E-state index contributed by atoms with van der Waals surface area (Å²) in [5.41, 5.74) is 0. The molecule has 0 aromatic rings. The average Bonchev–Trinajstić information content (AvgIpc) is 2.91. The first-order valence-electron chi connectivity index (χ1n) is 17.3. The standard InChI is InChI=1S/C35H68O5/c1-31(2)25-21-17-13-11-9-7-5-6-8-10-12-14-20-24-28-35(38)40-33(29-36)30-39-34(37)27-23-19-16-15-18-22-26-32(3)4/h31-33,36H,5-30H2,1-4H3/t33-/m0/s1. The van der Waals surface area contributed by atoms with Crippen molar-refractivity contribution in [1.29, 1.82) is 0 Å². The van der Waals surface area contributed by atoms with Gasteiger partial charge in [0.2, 0.25) is 0 Å². The van der Waals surface area contributed by atoms with E-state index in [2.05, 4.69) is 27.7 Å². The number of unbranched alkanes of at least 4 members (excludes halogenated alkanes) is 18. The van der Waals surface area contributed by atoms with Gasteiger partial charge in [0.25, 0.3) is 0 Å². The zero-order chi connectivity index (χ0) is 29.7. The molecule has 0 fully saturated rings. The molecule has 0 rings (SSSR count). The van der Waals surface area contributed by atoms with E-state index in [1.807, 2.05) is 0 Å². The minimum Gasteiger partial charge on any atom is -0.462 e. The monoisotopic (exact) mass is 569 g/mol. The molecule has 5 heteroatoms. The Balaban J connectivity index is 3.52. The van der Waals surface area contributed by atoms with Crippen molar-refractivity contribution in [3.63, 3.8) is 0 Å². The number of esters is 2. The number of rotatable bonds is 30. The summed E-state index contributed by atoms with van der Waals surface area (Å²) >= 11 is 0. The van der Waals surface area contributed by atoms with Gasteiger partial charge in [0.05, 0.1) is 6.61 Å². The quantitative estimate of drug-likeness (QED) is 0.0689. The summed E-state index contributed by atoms with van der Waals surface area (Å²) in [4.78, 5) is 24.1. The Morgan fingerprint density at radius 2 is 0.825 bits per heavy atom. The summed E-state index contributed by atoms with van der Waals surface area (Å²) in [7, 11) is 0. The number of hydrogen-bond donors (Lipinski definition) is 1. The Morgan fingerprint density at radius 3 is 1.18 bits per heavy atom. The molecule has 0 radical (unpaired) electrons. The maximum atomic E-state index is 12.1. The lowest BCUT2D eigenvalue weighted by Gasteiger charge is -2.15. The van der Waals surface area contributed by atoms with Crippen LogP contribution in [0.5, 0.6) is 0 Å². The SMILES string of the molecule is CC(C)CCCCCCCCCCCCCCCCC(=O)O[C@@H](CO)COC(=O)CCCCCCCCC(C)C. The number of aliphatic hydroxyl groups is 1. The van der Waals surface area contributed by atoms with Gasteiger partial charge in [0, 0.05) is 12.8 Å². The molecular formula is C35H68O5. The Kier molecular flexibility index (Phi) is 28.6. The molecule has 0 aliphatic heterocycles. The molecule has 0 aromatic carbocycles. The van der Waals surface area contributed by atoms with Crippen LogP contribution in [0.25, 0.3) is 0 Å². The molecule has 0 aliphatic carbocycles. The molecule has 0 saturated carbocycles. The van der Waals surface area contributed by atoms with E-state index in [4.69, 9.17) is 9.47 Å². The molecule has 0 bridgehead atoms. The molecule has 0 saturated heterocycles. The van der Waals surface area contributed by atoms with Crippen LogP contribution < -0.4 is 0 Å². The summed E-state index contributed by atoms with van der Waals surface area (Å²) in [6.07, 6.45) is 27.4. The molecule has 40 heavy (non-hydrogen) atoms. The van der Waals surface area contributed by atoms with Gasteiger partial charge in [-0.2, -0.15) is 0 Å². The number of carbonyl (C=O) groups is 2. The number of ether oxygens (including phenoxy) is 2. The van der Waals surface area contributed by atoms with Gasteiger partial charge in [0.1, 0.15) is 6.61 Å². The van der Waals surface area contributed by atoms with Crippen LogP contribution in [0.4, 0.5) is 0 Å². The van der Waals surface area contributed by atoms with Crippen molar-refractivity contribution in [2.75, 3.05) is 13.2 Å². The summed E-state index contributed by atoms with van der Waals surface area (Å²) in [5.74, 6) is 1.04. The number of carbonyl (C=O) groups excluding carboxylic acids is 2. The molecule has 0 spiro atoms. The second-order valence-electron chi connectivity index (χ2n) is 12.9. The van der Waals surface area contributed by atoms with Crippen LogP contribution in [0.1, 0.15) is 182 Å². The van der Waals surface area contributed by atoms with E-state index in [1.165, 1.54) is 103 Å². The molecule has 0 amide bonds. The van der Waals surface area contributed by atoms with Crippen molar-refractivity contribution in [1.82, 2.24) is 0 Å². The Morgan fingerprint density at radius 1 is 0.500 bits per heavy atom. The van der Waals surface area contributed by atoms with Crippen molar-refractivity contribution < 1.29 is 24.2 Å². The highest BCUT2D eigenvalue weighted by molar-refractivity contribution is 5.70. The van der Waals surface area contributed by atoms with Crippen LogP contribution in [-0.4, -0.2) is 36.4 Å². The Labute approximate surface area is 248 Å². The molecule has 0 aromatic heterocycles. The highest BCUT2D eigenvalue weighted by Crippen LogP contribution is 2.15. The smallest absolute Gasteiger partial charge is 0.306 e. The van der Waals surface area contributed by atoms with Crippen LogP contribution in [0.2, 0.25) is 0 Å². The van der Waals surface area contributed by atoms with Crippen molar-refractivity contribution in [3.8, 4) is 0 Å². The molecular weight excluding hydrogens is 500 g/mol. The highest BCUT2D eigenvalue weighted by Gasteiger charge is 2.16. The second kappa shape index (κ2) is 29.4. The molecule has 238 valence electrons. The van der Waals surface area contributed by atoms with Crippen LogP contribution in [0, 0.1) is 11.8 Å². The first-order valence-corrected chi connectivity index (χ1v) is 17.3. The van der Waals surface area contributed by atoms with Crippen molar-refractivity contribution in [3.05, 3.63) is 0 Å². The molecule has 1 N–H and O–H groups in total. The zero-order valence-electron chi connectivity index (χ0n) is 27.2. The lowest BCUT2D eigenvalue weighted by molar-refractivity contribution is -0.161. The number of hydrogen-bond acceptors (Lipinski definition) is 5. The van der Waals surface area contributed by atoms with E-state index in [-0.39, 0.29) is 25.2 Å². The summed E-state index contributed by atoms with van der Waals surface area (Å²) < 4.78 is 10.5. The van der Waals surface area contributed by atoms with Crippen LogP contribution in [0.15, 0.2) is 0 Å². The molecule has 0 heterocycles. The van der Waals surface area contributed by atoms with E-state index >= 15 is 0 Å². The third-order valence-electron chi connectivity index (χ3n) is 7.76. The summed E-state index contributed by atoms with van der Waals surface area (Å²) in [5, 5.41) is 9.49. The van der Waals surface area contributed by atoms with Gasteiger partial charge in [-0.05, 0) is 24.7 Å². The maximum Gasteiger partial charge on any atom is 0.306 e. The van der Waals surface area contributed by atoms with Gasteiger partial charge < -0.3 is 14.6 Å². The zero-order valence-corrected chi connectivity index (χ0v) is 27.2. The fourth-order valence-electron chi connectivity index (χ4n) is 5.10. The molecule has 5 nitrogen and oxygen atoms in total. The Hall–Kier alpha value is -1.10. The van der Waals surface area contributed by atoms with Gasteiger partial charge in [-0.25, -0.2) is 0 Å². The van der Waals surface area contributed by atoms with Gasteiger partial charge in [-0.1, -0.05) is 156 Å². The third-order valence-corrected chi connectivity index (χ3v) is 7.76. The van der Waals surface area contributed by atoms with Gasteiger partial charge in [-0.3, -0.25) is 9.59 Å². The van der Waals surface area contributed by atoms with E-state index in [9.17, 15) is 14.7 Å². The fraction of sp³-hybridized carbons (Fsp3) is 0.943. The predicted octanol–water partition coefficient (Wildman–Crippen LogP) is 10.1. The van der Waals surface area contributed by atoms with Crippen LogP contribution in [-0.2, 0) is 19.1 Å². The maximum absolute atomic E-state index is 12.1. The van der Waals surface area contributed by atoms with Crippen molar-refractivity contribution in [2.24, 2.45) is 11.8 Å². The minimum atomic E-state index is -0.762. The largest absolute Gasteiger partial charge is 0.462 e. The topological polar surface area (TPSA) is 72.8 Å². The Bertz CT molecular complexity index is 560. The molecule has 1 atom stereocenters. The van der Waals surface area contributed by atoms with E-state index in [0.717, 1.165) is 50.4 Å². The highest BCUT2D eigenvalue weighted by atomic mass is 16.6. The van der Waals surface area contributed by atoms with Crippen molar-refractivity contribution in [2.45, 2.75) is 188 Å². The second-order valence-corrected chi connectivity index (χ2v) is 12.9.